The number of ether oxygens (including phenoxy) is 1. The minimum atomic E-state index is -0.855. The van der Waals surface area contributed by atoms with Crippen LogP contribution in [0.1, 0.15) is 52.5 Å². The number of carbonyl (C=O) groups is 2. The first-order chi connectivity index (χ1) is 12.2. The third kappa shape index (κ3) is 16.2. The second kappa shape index (κ2) is 13.6. The quantitative estimate of drug-likeness (QED) is 0.306. The number of unbranched alkanes of at least 4 members (excludes halogenated alkanes) is 2. The highest BCUT2D eigenvalue weighted by molar-refractivity contribution is 5.82. The van der Waals surface area contributed by atoms with Crippen molar-refractivity contribution in [2.45, 2.75) is 52.6 Å². The van der Waals surface area contributed by atoms with Gasteiger partial charge in [-0.15, -0.1) is 0 Å². The van der Waals surface area contributed by atoms with E-state index in [0.29, 0.717) is 0 Å². The van der Waals surface area contributed by atoms with Crippen molar-refractivity contribution in [3.8, 4) is 0 Å². The van der Waals surface area contributed by atoms with Crippen molar-refractivity contribution in [3.63, 3.8) is 0 Å². The standard InChI is InChI=1S/C15H18O2.C7H12O2/c1-15(2,3)17-14(16)12-8-7-11-13-9-5-4-6-10-13;1-2-3-4-5-6-7(8)9/h4-12H,1-3H3;5-6H,2-4H2,1H3,(H,8,9). The normalized spacial score (nSPS) is 11.5. The maximum atomic E-state index is 11.3. The summed E-state index contributed by atoms with van der Waals surface area (Å²) in [4.78, 5) is 21.2. The van der Waals surface area contributed by atoms with Crippen molar-refractivity contribution in [1.82, 2.24) is 0 Å². The summed E-state index contributed by atoms with van der Waals surface area (Å²) in [7, 11) is 0. The molecule has 0 fully saturated rings. The fourth-order valence-corrected chi connectivity index (χ4v) is 1.71. The number of hydrogen-bond acceptors (Lipinski definition) is 3. The summed E-state index contributed by atoms with van der Waals surface area (Å²) in [6.45, 7) is 7.62. The van der Waals surface area contributed by atoms with Gasteiger partial charge in [0.25, 0.3) is 0 Å². The molecule has 0 aliphatic carbocycles. The molecule has 0 saturated carbocycles. The lowest BCUT2D eigenvalue weighted by atomic mass is 10.2. The molecular weight excluding hydrogens is 328 g/mol. The lowest BCUT2D eigenvalue weighted by molar-refractivity contribution is -0.148. The molecule has 4 nitrogen and oxygen atoms in total. The third-order valence-corrected chi connectivity index (χ3v) is 2.82. The number of carboxylic acids is 1. The Morgan fingerprint density at radius 3 is 2.27 bits per heavy atom. The average Bonchev–Trinajstić information content (AvgIpc) is 2.55. The van der Waals surface area contributed by atoms with Crippen LogP contribution in [0, 0.1) is 0 Å². The fraction of sp³-hybridized carbons (Fsp3) is 0.364. The van der Waals surface area contributed by atoms with Gasteiger partial charge in [0.05, 0.1) is 0 Å². The first-order valence-corrected chi connectivity index (χ1v) is 8.77. The Kier molecular flexibility index (Phi) is 12.3. The van der Waals surface area contributed by atoms with Gasteiger partial charge in [0.15, 0.2) is 0 Å². The van der Waals surface area contributed by atoms with Gasteiger partial charge in [-0.05, 0) is 32.8 Å². The summed E-state index contributed by atoms with van der Waals surface area (Å²) < 4.78 is 5.13. The van der Waals surface area contributed by atoms with Crippen molar-refractivity contribution in [2.75, 3.05) is 0 Å². The van der Waals surface area contributed by atoms with Crippen molar-refractivity contribution in [2.24, 2.45) is 0 Å². The smallest absolute Gasteiger partial charge is 0.331 e. The second-order valence-corrected chi connectivity index (χ2v) is 6.55. The lowest BCUT2D eigenvalue weighted by Gasteiger charge is -2.17. The van der Waals surface area contributed by atoms with Crippen LogP contribution in [0.2, 0.25) is 0 Å². The molecule has 0 unspecified atom stereocenters. The molecule has 0 saturated heterocycles. The molecule has 4 heteroatoms. The van der Waals surface area contributed by atoms with Crippen LogP contribution in [0.25, 0.3) is 6.08 Å². The molecule has 0 radical (unpaired) electrons. The van der Waals surface area contributed by atoms with E-state index >= 15 is 0 Å². The molecule has 0 heterocycles. The van der Waals surface area contributed by atoms with E-state index < -0.39 is 11.6 Å². The van der Waals surface area contributed by atoms with Crippen LogP contribution in [0.3, 0.4) is 0 Å². The molecule has 1 aromatic carbocycles. The van der Waals surface area contributed by atoms with Crippen LogP contribution in [0.15, 0.2) is 60.7 Å². The third-order valence-electron chi connectivity index (χ3n) is 2.82. The van der Waals surface area contributed by atoms with Gasteiger partial charge in [0.1, 0.15) is 5.60 Å². The van der Waals surface area contributed by atoms with E-state index in [4.69, 9.17) is 9.84 Å². The summed E-state index contributed by atoms with van der Waals surface area (Å²) in [6.07, 6.45) is 12.8. The van der Waals surface area contributed by atoms with Gasteiger partial charge in [0.2, 0.25) is 0 Å². The molecule has 26 heavy (non-hydrogen) atoms. The van der Waals surface area contributed by atoms with E-state index in [2.05, 4.69) is 6.92 Å². The molecule has 0 aromatic heterocycles. The van der Waals surface area contributed by atoms with Gasteiger partial charge in [0, 0.05) is 12.2 Å². The first-order valence-electron chi connectivity index (χ1n) is 8.77. The number of benzene rings is 1. The monoisotopic (exact) mass is 358 g/mol. The van der Waals surface area contributed by atoms with Gasteiger partial charge >= 0.3 is 11.9 Å². The zero-order valence-electron chi connectivity index (χ0n) is 16.1. The Morgan fingerprint density at radius 1 is 1.08 bits per heavy atom. The van der Waals surface area contributed by atoms with Crippen molar-refractivity contribution in [3.05, 3.63) is 66.3 Å². The summed E-state index contributed by atoms with van der Waals surface area (Å²) in [5.41, 5.74) is 0.659. The minimum absolute atomic E-state index is 0.324. The van der Waals surface area contributed by atoms with Crippen molar-refractivity contribution >= 4 is 18.0 Å². The van der Waals surface area contributed by atoms with Crippen LogP contribution in [-0.4, -0.2) is 22.6 Å². The lowest BCUT2D eigenvalue weighted by Crippen LogP contribution is -2.22. The van der Waals surface area contributed by atoms with E-state index in [-0.39, 0.29) is 5.97 Å². The van der Waals surface area contributed by atoms with Crippen LogP contribution >= 0.6 is 0 Å². The van der Waals surface area contributed by atoms with E-state index in [1.165, 1.54) is 12.2 Å². The topological polar surface area (TPSA) is 63.6 Å². The maximum Gasteiger partial charge on any atom is 0.331 e. The molecule has 0 aliphatic heterocycles. The van der Waals surface area contributed by atoms with E-state index in [1.807, 2.05) is 63.3 Å². The maximum absolute atomic E-state index is 11.3. The van der Waals surface area contributed by atoms with Crippen molar-refractivity contribution in [1.29, 1.82) is 0 Å². The number of carboxylic acid groups (broad SMARTS) is 1. The van der Waals surface area contributed by atoms with Crippen LogP contribution in [0.4, 0.5) is 0 Å². The van der Waals surface area contributed by atoms with Crippen molar-refractivity contribution < 1.29 is 19.4 Å². The van der Waals surface area contributed by atoms with E-state index in [1.54, 1.807) is 12.2 Å². The summed E-state index contributed by atoms with van der Waals surface area (Å²) >= 11 is 0. The number of carbonyl (C=O) groups excluding carboxylic acids is 1. The first kappa shape index (κ1) is 23.4. The van der Waals surface area contributed by atoms with Gasteiger partial charge in [-0.3, -0.25) is 0 Å². The molecular formula is C22H30O4. The SMILES string of the molecule is CC(C)(C)OC(=O)C=CC=Cc1ccccc1.CCCCC=CC(=O)O. The zero-order valence-corrected chi connectivity index (χ0v) is 16.1. The Hall–Kier alpha value is -2.62. The van der Waals surface area contributed by atoms with Crippen LogP contribution < -0.4 is 0 Å². The number of aliphatic carboxylic acids is 1. The molecule has 0 amide bonds. The molecule has 1 N–H and O–H groups in total. The molecule has 1 rings (SSSR count). The number of hydrogen-bond donors (Lipinski definition) is 1. The molecule has 1 aromatic rings. The van der Waals surface area contributed by atoms with Gasteiger partial charge in [-0.25, -0.2) is 9.59 Å². The molecule has 0 spiro atoms. The highest BCUT2D eigenvalue weighted by Gasteiger charge is 2.13. The Labute approximate surface area is 156 Å². The Morgan fingerprint density at radius 2 is 1.73 bits per heavy atom. The van der Waals surface area contributed by atoms with Crippen LogP contribution in [-0.2, 0) is 14.3 Å². The highest BCUT2D eigenvalue weighted by atomic mass is 16.6. The van der Waals surface area contributed by atoms with Gasteiger partial charge in [-0.2, -0.15) is 0 Å². The molecule has 0 aliphatic rings. The van der Waals surface area contributed by atoms with Gasteiger partial charge in [-0.1, -0.05) is 74.4 Å². The summed E-state index contributed by atoms with van der Waals surface area (Å²) in [6, 6.07) is 9.90. The fourth-order valence-electron chi connectivity index (χ4n) is 1.71. The Bertz CT molecular complexity index is 605. The van der Waals surface area contributed by atoms with E-state index in [9.17, 15) is 9.59 Å². The zero-order chi connectivity index (χ0) is 19.8. The Balaban J connectivity index is 0.000000590. The number of rotatable bonds is 7. The van der Waals surface area contributed by atoms with E-state index in [0.717, 1.165) is 24.8 Å². The number of allylic oxidation sites excluding steroid dienone is 3. The number of esters is 1. The highest BCUT2D eigenvalue weighted by Crippen LogP contribution is 2.07. The van der Waals surface area contributed by atoms with Crippen LogP contribution in [0.5, 0.6) is 0 Å². The molecule has 142 valence electrons. The minimum Gasteiger partial charge on any atom is -0.478 e. The second-order valence-electron chi connectivity index (χ2n) is 6.55. The molecule has 0 atom stereocenters. The summed E-state index contributed by atoms with van der Waals surface area (Å²) in [5, 5.41) is 8.13. The summed E-state index contributed by atoms with van der Waals surface area (Å²) in [5.74, 6) is -1.18. The largest absolute Gasteiger partial charge is 0.478 e. The predicted octanol–water partition coefficient (Wildman–Crippen LogP) is 5.42. The molecule has 0 bridgehead atoms. The predicted molar refractivity (Wildman–Crippen MR) is 107 cm³/mol. The average molecular weight is 358 g/mol. The van der Waals surface area contributed by atoms with Gasteiger partial charge < -0.3 is 9.84 Å².